The molecule has 1 aromatic rings. The fraction of sp³-hybridized carbons (Fsp3) is 0.654. The molecule has 0 aliphatic carbocycles. The van der Waals surface area contributed by atoms with Crippen LogP contribution in [0.25, 0.3) is 0 Å². The van der Waals surface area contributed by atoms with Crippen molar-refractivity contribution in [2.75, 3.05) is 0 Å². The van der Waals surface area contributed by atoms with Gasteiger partial charge in [0.1, 0.15) is 0 Å². The van der Waals surface area contributed by atoms with Gasteiger partial charge >= 0.3 is 114 Å². The normalized spacial score (nSPS) is 11.0. The number of hydrogen-bond donors (Lipinski definition) is 4. The summed E-state index contributed by atoms with van der Waals surface area (Å²) in [6, 6.07) is 2.17. The van der Waals surface area contributed by atoms with E-state index >= 15 is 0 Å². The van der Waals surface area contributed by atoms with Crippen LogP contribution in [0.5, 0.6) is 0 Å². The van der Waals surface area contributed by atoms with Crippen molar-refractivity contribution in [3.05, 3.63) is 23.3 Å². The first kappa shape index (κ1) is 35.5. The molecule has 0 saturated carbocycles. The molecule has 1 amide bonds. The first-order valence-electron chi connectivity index (χ1n) is 13.3. The van der Waals surface area contributed by atoms with Gasteiger partial charge < -0.3 is 5.73 Å². The molecule has 0 saturated heterocycles. The summed E-state index contributed by atoms with van der Waals surface area (Å²) in [4.78, 5) is 31.2. The Morgan fingerprint density at radius 1 is 0.757 bits per heavy atom. The fourth-order valence-electron chi connectivity index (χ4n) is 4.05. The third-order valence-electron chi connectivity index (χ3n) is 6.09. The van der Waals surface area contributed by atoms with E-state index in [2.05, 4.69) is 6.92 Å². The molecule has 0 bridgehead atoms. The van der Waals surface area contributed by atoms with Gasteiger partial charge in [0, 0.05) is 6.42 Å². The van der Waals surface area contributed by atoms with Gasteiger partial charge in [-0.1, -0.05) is 96.8 Å². The van der Waals surface area contributed by atoms with Crippen molar-refractivity contribution in [2.45, 2.75) is 115 Å². The number of carbonyl (C=O) groups excluding carboxylic acids is 1. The SMILES string of the molecule is CCCCCCCCCCCCCCCCCC(N)=O.O=C(O)c1cc[c]([Na])c(C(=O)O)c1S(=O)(=O)O. The van der Waals surface area contributed by atoms with E-state index in [4.69, 9.17) is 20.5 Å². The zero-order valence-corrected chi connectivity index (χ0v) is 25.2. The van der Waals surface area contributed by atoms with Crippen LogP contribution in [-0.2, 0) is 14.9 Å². The number of carboxylic acids is 2. The molecule has 0 spiro atoms. The molecule has 1 aromatic carbocycles. The van der Waals surface area contributed by atoms with Crippen LogP contribution < -0.4 is 8.55 Å². The molecular weight excluding hydrogens is 509 g/mol. The predicted molar refractivity (Wildman–Crippen MR) is 144 cm³/mol. The Morgan fingerprint density at radius 2 is 1.16 bits per heavy atom. The number of unbranched alkanes of at least 4 members (excludes halogenated alkanes) is 14. The second kappa shape index (κ2) is 20.5. The summed E-state index contributed by atoms with van der Waals surface area (Å²) in [7, 11) is -4.92. The summed E-state index contributed by atoms with van der Waals surface area (Å²) < 4.78 is 31.3. The Hall–Kier alpha value is -1.46. The molecule has 0 atom stereocenters. The predicted octanol–water partition coefficient (Wildman–Crippen LogP) is 4.86. The molecule has 0 unspecified atom stereocenters. The van der Waals surface area contributed by atoms with Gasteiger partial charge in [-0.05, 0) is 6.42 Å². The molecule has 5 N–H and O–H groups in total. The first-order chi connectivity index (χ1) is 17.4. The minimum absolute atomic E-state index is 0.153. The number of nitrogens with two attached hydrogens (primary N) is 1. The Morgan fingerprint density at radius 3 is 1.49 bits per heavy atom. The molecule has 0 radical (unpaired) electrons. The Kier molecular flexibility index (Phi) is 19.7. The molecule has 1 rings (SSSR count). The summed E-state index contributed by atoms with van der Waals surface area (Å²) in [5.74, 6) is -3.37. The third-order valence-corrected chi connectivity index (χ3v) is 7.87. The van der Waals surface area contributed by atoms with Crippen LogP contribution in [0.2, 0.25) is 0 Å². The number of rotatable bonds is 19. The average molecular weight is 552 g/mol. The van der Waals surface area contributed by atoms with Crippen LogP contribution in [0.1, 0.15) is 130 Å². The molecule has 9 nitrogen and oxygen atoms in total. The van der Waals surface area contributed by atoms with E-state index in [1.165, 1.54) is 96.0 Å². The van der Waals surface area contributed by atoms with E-state index in [1.807, 2.05) is 0 Å². The van der Waals surface area contributed by atoms with Gasteiger partial charge in [-0.3, -0.25) is 4.79 Å². The zero-order chi connectivity index (χ0) is 28.3. The van der Waals surface area contributed by atoms with Crippen molar-refractivity contribution in [2.24, 2.45) is 5.73 Å². The van der Waals surface area contributed by atoms with Gasteiger partial charge in [0.25, 0.3) is 0 Å². The standard InChI is InChI=1S/C18H37NO.C8H5O7S.Na/c1-2-3-4-5-6-7-8-9-10-11-12-13-14-15-16-17-18(19)20;9-7(10)4-2-1-3-5(8(11)12)6(4)16(13,14)15;/h2-17H2,1H3,(H2,19,20);1-2H,(H,9,10)(H,11,12)(H,13,14,15);. The Balaban J connectivity index is 0.000000708. The van der Waals surface area contributed by atoms with Crippen molar-refractivity contribution in [1.29, 1.82) is 0 Å². The van der Waals surface area contributed by atoms with Crippen molar-refractivity contribution >= 4 is 58.7 Å². The van der Waals surface area contributed by atoms with E-state index in [1.54, 1.807) is 0 Å². The van der Waals surface area contributed by atoms with E-state index in [0.717, 1.165) is 12.5 Å². The van der Waals surface area contributed by atoms with Crippen LogP contribution in [0, 0.1) is 0 Å². The molecule has 0 fully saturated rings. The van der Waals surface area contributed by atoms with Gasteiger partial charge in [0.05, 0.1) is 0 Å². The minimum atomic E-state index is -4.92. The monoisotopic (exact) mass is 551 g/mol. The zero-order valence-electron chi connectivity index (χ0n) is 22.3. The van der Waals surface area contributed by atoms with Crippen LogP contribution >= 0.6 is 0 Å². The summed E-state index contributed by atoms with van der Waals surface area (Å²) >= 11 is 0.200. The van der Waals surface area contributed by atoms with Crippen LogP contribution in [0.4, 0.5) is 0 Å². The number of benzene rings is 1. The van der Waals surface area contributed by atoms with Gasteiger partial charge in [0.15, 0.2) is 0 Å². The number of amides is 1. The molecular formula is C26H42NNaO8S. The van der Waals surface area contributed by atoms with E-state index in [-0.39, 0.29) is 36.7 Å². The van der Waals surface area contributed by atoms with E-state index in [9.17, 15) is 22.8 Å². The number of primary amides is 1. The second-order valence-corrected chi connectivity index (χ2v) is 11.8. The van der Waals surface area contributed by atoms with Crippen LogP contribution in [-0.4, -0.2) is 69.0 Å². The summed E-state index contributed by atoms with van der Waals surface area (Å²) in [6.45, 7) is 2.28. The quantitative estimate of drug-likeness (QED) is 0.107. The van der Waals surface area contributed by atoms with Crippen molar-refractivity contribution in [3.63, 3.8) is 0 Å². The second-order valence-electron chi connectivity index (χ2n) is 9.39. The first-order valence-corrected chi connectivity index (χ1v) is 15.7. The summed E-state index contributed by atoms with van der Waals surface area (Å²) in [6.07, 6.45) is 20.9. The van der Waals surface area contributed by atoms with E-state index in [0.29, 0.717) is 6.42 Å². The number of carbonyl (C=O) groups is 3. The number of aromatic carboxylic acids is 2. The van der Waals surface area contributed by atoms with Gasteiger partial charge in [-0.2, -0.15) is 0 Å². The topological polar surface area (TPSA) is 172 Å². The Bertz CT molecular complexity index is 950. The molecule has 37 heavy (non-hydrogen) atoms. The number of carboxylic acid groups (broad SMARTS) is 2. The van der Waals surface area contributed by atoms with Crippen molar-refractivity contribution < 1.29 is 37.6 Å². The van der Waals surface area contributed by atoms with Gasteiger partial charge in [-0.15, -0.1) is 0 Å². The molecule has 0 heterocycles. The fourth-order valence-corrected chi connectivity index (χ4v) is 5.81. The van der Waals surface area contributed by atoms with E-state index < -0.39 is 38.1 Å². The van der Waals surface area contributed by atoms with Gasteiger partial charge in [0.2, 0.25) is 5.91 Å². The maximum atomic E-state index is 11.1. The van der Waals surface area contributed by atoms with Crippen molar-refractivity contribution in [1.82, 2.24) is 0 Å². The maximum absolute atomic E-state index is 11.1. The van der Waals surface area contributed by atoms with Crippen LogP contribution in [0.3, 0.4) is 0 Å². The summed E-state index contributed by atoms with van der Waals surface area (Å²) in [5, 5.41) is 17.6. The molecule has 0 aromatic heterocycles. The average Bonchev–Trinajstić information content (AvgIpc) is 2.80. The number of hydrogen-bond acceptors (Lipinski definition) is 5. The molecule has 206 valence electrons. The van der Waals surface area contributed by atoms with Crippen LogP contribution in [0.15, 0.2) is 17.0 Å². The molecule has 0 aliphatic rings. The molecule has 11 heteroatoms. The Labute approximate surface area is 238 Å². The summed E-state index contributed by atoms with van der Waals surface area (Å²) in [5.41, 5.74) is 3.67. The van der Waals surface area contributed by atoms with Crippen molar-refractivity contribution in [3.8, 4) is 0 Å². The third kappa shape index (κ3) is 16.9. The van der Waals surface area contributed by atoms with Gasteiger partial charge in [-0.25, -0.2) is 0 Å². The molecule has 0 aliphatic heterocycles.